The number of carbonyl (C=O) groups excluding carboxylic acids is 1. The second-order valence-electron chi connectivity index (χ2n) is 4.82. The van der Waals surface area contributed by atoms with Crippen LogP contribution in [0.4, 0.5) is 4.39 Å². The number of amides is 1. The number of carbonyl (C=O) groups is 1. The molecule has 9 heteroatoms. The fraction of sp³-hybridized carbons (Fsp3) is 0.267. The molecule has 0 saturated heterocycles. The summed E-state index contributed by atoms with van der Waals surface area (Å²) in [4.78, 5) is 11.8. The van der Waals surface area contributed by atoms with Gasteiger partial charge in [-0.15, -0.1) is 11.3 Å². The molecule has 2 aromatic rings. The van der Waals surface area contributed by atoms with Crippen LogP contribution in [-0.2, 0) is 14.8 Å². The fourth-order valence-electron chi connectivity index (χ4n) is 1.82. The molecule has 1 N–H and O–H groups in total. The SMILES string of the molecule is CN(CC(=O)NCCOc1ccccc1F)S(=O)(=O)c1cccs1. The Hall–Kier alpha value is -1.97. The Morgan fingerprint density at radius 1 is 1.29 bits per heavy atom. The number of halogens is 1. The zero-order chi connectivity index (χ0) is 17.6. The maximum atomic E-state index is 13.3. The first-order chi connectivity index (χ1) is 11.4. The zero-order valence-electron chi connectivity index (χ0n) is 12.9. The molecule has 130 valence electrons. The van der Waals surface area contributed by atoms with Crippen LogP contribution < -0.4 is 10.1 Å². The summed E-state index contributed by atoms with van der Waals surface area (Å²) in [6, 6.07) is 9.06. The summed E-state index contributed by atoms with van der Waals surface area (Å²) in [6.07, 6.45) is 0. The third kappa shape index (κ3) is 4.76. The van der Waals surface area contributed by atoms with Gasteiger partial charge < -0.3 is 10.1 Å². The van der Waals surface area contributed by atoms with Crippen LogP contribution in [0.2, 0.25) is 0 Å². The predicted molar refractivity (Wildman–Crippen MR) is 89.0 cm³/mol. The molecule has 0 unspecified atom stereocenters. The lowest BCUT2D eigenvalue weighted by atomic mass is 10.3. The van der Waals surface area contributed by atoms with Gasteiger partial charge in [0.05, 0.1) is 13.1 Å². The third-order valence-electron chi connectivity index (χ3n) is 3.04. The Labute approximate surface area is 143 Å². The van der Waals surface area contributed by atoms with Gasteiger partial charge in [-0.05, 0) is 23.6 Å². The van der Waals surface area contributed by atoms with Crippen molar-refractivity contribution in [2.45, 2.75) is 4.21 Å². The lowest BCUT2D eigenvalue weighted by Gasteiger charge is -2.15. The minimum Gasteiger partial charge on any atom is -0.489 e. The van der Waals surface area contributed by atoms with Crippen molar-refractivity contribution in [3.63, 3.8) is 0 Å². The van der Waals surface area contributed by atoms with Crippen LogP contribution in [-0.4, -0.2) is 45.4 Å². The second kappa shape index (κ2) is 8.22. The molecule has 1 amide bonds. The van der Waals surface area contributed by atoms with Gasteiger partial charge in [0.1, 0.15) is 10.8 Å². The van der Waals surface area contributed by atoms with E-state index < -0.39 is 21.7 Å². The van der Waals surface area contributed by atoms with E-state index in [0.717, 1.165) is 15.6 Å². The number of sulfonamides is 1. The van der Waals surface area contributed by atoms with Crippen LogP contribution in [0.3, 0.4) is 0 Å². The topological polar surface area (TPSA) is 75.7 Å². The van der Waals surface area contributed by atoms with Crippen LogP contribution in [0.1, 0.15) is 0 Å². The number of nitrogens with one attached hydrogen (secondary N) is 1. The van der Waals surface area contributed by atoms with E-state index in [2.05, 4.69) is 5.32 Å². The van der Waals surface area contributed by atoms with Crippen LogP contribution in [0, 0.1) is 5.82 Å². The summed E-state index contributed by atoms with van der Waals surface area (Å²) >= 11 is 1.09. The van der Waals surface area contributed by atoms with Crippen molar-refractivity contribution >= 4 is 27.3 Å². The number of nitrogens with zero attached hydrogens (tertiary/aromatic N) is 1. The second-order valence-corrected chi connectivity index (χ2v) is 8.04. The van der Waals surface area contributed by atoms with E-state index in [-0.39, 0.29) is 29.7 Å². The Bertz CT molecular complexity index is 779. The minimum absolute atomic E-state index is 0.0774. The molecule has 1 aromatic carbocycles. The van der Waals surface area contributed by atoms with Crippen molar-refractivity contribution in [1.29, 1.82) is 0 Å². The third-order valence-corrected chi connectivity index (χ3v) is 6.22. The highest BCUT2D eigenvalue weighted by molar-refractivity contribution is 7.91. The summed E-state index contributed by atoms with van der Waals surface area (Å²) in [5, 5.41) is 4.19. The van der Waals surface area contributed by atoms with Gasteiger partial charge in [0.15, 0.2) is 11.6 Å². The molecule has 0 saturated carbocycles. The molecular formula is C15H17FN2O4S2. The van der Waals surface area contributed by atoms with Crippen molar-refractivity contribution in [2.75, 3.05) is 26.7 Å². The summed E-state index contributed by atoms with van der Waals surface area (Å²) in [5.74, 6) is -0.843. The van der Waals surface area contributed by atoms with Crippen LogP contribution >= 0.6 is 11.3 Å². The number of thiophene rings is 1. The highest BCUT2D eigenvalue weighted by Crippen LogP contribution is 2.19. The molecule has 6 nitrogen and oxygen atoms in total. The van der Waals surface area contributed by atoms with E-state index >= 15 is 0 Å². The van der Waals surface area contributed by atoms with Crippen molar-refractivity contribution < 1.29 is 22.3 Å². The first-order valence-corrected chi connectivity index (χ1v) is 9.37. The molecule has 0 fully saturated rings. The largest absolute Gasteiger partial charge is 0.489 e. The molecule has 0 radical (unpaired) electrons. The molecule has 0 aliphatic rings. The lowest BCUT2D eigenvalue weighted by Crippen LogP contribution is -2.39. The molecule has 0 atom stereocenters. The zero-order valence-corrected chi connectivity index (χ0v) is 14.6. The Morgan fingerprint density at radius 3 is 2.71 bits per heavy atom. The Morgan fingerprint density at radius 2 is 2.04 bits per heavy atom. The van der Waals surface area contributed by atoms with Gasteiger partial charge in [0.2, 0.25) is 5.91 Å². The number of benzene rings is 1. The van der Waals surface area contributed by atoms with Crippen LogP contribution in [0.5, 0.6) is 5.75 Å². The Kier molecular flexibility index (Phi) is 6.29. The summed E-state index contributed by atoms with van der Waals surface area (Å²) in [5.41, 5.74) is 0. The van der Waals surface area contributed by atoms with E-state index in [1.807, 2.05) is 0 Å². The summed E-state index contributed by atoms with van der Waals surface area (Å²) in [6.45, 7) is -0.0892. The molecule has 0 bridgehead atoms. The average molecular weight is 372 g/mol. The summed E-state index contributed by atoms with van der Waals surface area (Å²) in [7, 11) is -2.32. The molecule has 0 aliphatic heterocycles. The van der Waals surface area contributed by atoms with Gasteiger partial charge in [-0.3, -0.25) is 4.79 Å². The normalized spacial score (nSPS) is 11.5. The van der Waals surface area contributed by atoms with E-state index in [9.17, 15) is 17.6 Å². The molecule has 1 heterocycles. The molecule has 0 spiro atoms. The van der Waals surface area contributed by atoms with Gasteiger partial charge in [-0.2, -0.15) is 4.31 Å². The van der Waals surface area contributed by atoms with Crippen LogP contribution in [0.15, 0.2) is 46.0 Å². The maximum Gasteiger partial charge on any atom is 0.252 e. The number of para-hydroxylation sites is 1. The molecular weight excluding hydrogens is 355 g/mol. The lowest BCUT2D eigenvalue weighted by molar-refractivity contribution is -0.121. The molecule has 0 aliphatic carbocycles. The number of hydrogen-bond donors (Lipinski definition) is 1. The molecule has 24 heavy (non-hydrogen) atoms. The first-order valence-electron chi connectivity index (χ1n) is 7.05. The standard InChI is InChI=1S/C15H17FN2O4S2/c1-18(24(20,21)15-7-4-10-23-15)11-14(19)17-8-9-22-13-6-3-2-5-12(13)16/h2-7,10H,8-9,11H2,1H3,(H,17,19). The van der Waals surface area contributed by atoms with Gasteiger partial charge in [-0.25, -0.2) is 12.8 Å². The highest BCUT2D eigenvalue weighted by Gasteiger charge is 2.23. The summed E-state index contributed by atoms with van der Waals surface area (Å²) < 4.78 is 44.0. The van der Waals surface area contributed by atoms with E-state index in [4.69, 9.17) is 4.74 Å². The van der Waals surface area contributed by atoms with Crippen molar-refractivity contribution in [3.8, 4) is 5.75 Å². The van der Waals surface area contributed by atoms with E-state index in [1.165, 1.54) is 25.2 Å². The van der Waals surface area contributed by atoms with Gasteiger partial charge in [0.25, 0.3) is 10.0 Å². The number of rotatable bonds is 8. The Balaban J connectivity index is 1.76. The van der Waals surface area contributed by atoms with Crippen molar-refractivity contribution in [2.24, 2.45) is 0 Å². The number of likely N-dealkylation sites (N-methyl/N-ethyl adjacent to an activating group) is 1. The average Bonchev–Trinajstić information content (AvgIpc) is 3.08. The van der Waals surface area contributed by atoms with Crippen molar-refractivity contribution in [1.82, 2.24) is 9.62 Å². The fourth-order valence-corrected chi connectivity index (χ4v) is 4.15. The van der Waals surface area contributed by atoms with Gasteiger partial charge >= 0.3 is 0 Å². The number of ether oxygens (including phenoxy) is 1. The van der Waals surface area contributed by atoms with E-state index in [0.29, 0.717) is 0 Å². The number of hydrogen-bond acceptors (Lipinski definition) is 5. The minimum atomic E-state index is -3.66. The van der Waals surface area contributed by atoms with Crippen LogP contribution in [0.25, 0.3) is 0 Å². The smallest absolute Gasteiger partial charge is 0.252 e. The quantitative estimate of drug-likeness (QED) is 0.716. The predicted octanol–water partition coefficient (Wildman–Crippen LogP) is 1.70. The molecule has 1 aromatic heterocycles. The monoisotopic (exact) mass is 372 g/mol. The van der Waals surface area contributed by atoms with E-state index in [1.54, 1.807) is 23.6 Å². The molecule has 2 rings (SSSR count). The first kappa shape index (κ1) is 18.4. The van der Waals surface area contributed by atoms with Crippen molar-refractivity contribution in [3.05, 3.63) is 47.6 Å². The maximum absolute atomic E-state index is 13.3. The highest BCUT2D eigenvalue weighted by atomic mass is 32.2. The van der Waals surface area contributed by atoms with Gasteiger partial charge in [0, 0.05) is 7.05 Å². The van der Waals surface area contributed by atoms with Gasteiger partial charge in [-0.1, -0.05) is 18.2 Å².